The zero-order valence-corrected chi connectivity index (χ0v) is 12.4. The van der Waals surface area contributed by atoms with Crippen molar-refractivity contribution in [2.75, 3.05) is 13.2 Å². The number of nitrogens with zero attached hydrogens (tertiary/aromatic N) is 2. The van der Waals surface area contributed by atoms with Gasteiger partial charge in [0, 0.05) is 24.6 Å². The molecule has 1 aromatic rings. The first-order valence-corrected chi connectivity index (χ1v) is 7.83. The van der Waals surface area contributed by atoms with Gasteiger partial charge < -0.3 is 20.4 Å². The van der Waals surface area contributed by atoms with Crippen molar-refractivity contribution in [3.63, 3.8) is 0 Å². The van der Waals surface area contributed by atoms with E-state index in [0.717, 1.165) is 25.8 Å². The zero-order valence-electron chi connectivity index (χ0n) is 11.6. The molecule has 7 nitrogen and oxygen atoms in total. The number of carbonyl (C=O) groups excluding carboxylic acids is 1. The number of aliphatic hydroxyl groups is 1. The summed E-state index contributed by atoms with van der Waals surface area (Å²) in [7, 11) is 0. The number of thiazole rings is 1. The number of aromatic nitrogens is 1. The molecule has 0 aromatic carbocycles. The average molecular weight is 313 g/mol. The Morgan fingerprint density at radius 1 is 1.52 bits per heavy atom. The fraction of sp³-hybridized carbons (Fsp3) is 0.615. The maximum absolute atomic E-state index is 12.1. The van der Waals surface area contributed by atoms with Crippen LogP contribution in [0.1, 0.15) is 41.2 Å². The van der Waals surface area contributed by atoms with E-state index in [1.165, 1.54) is 16.7 Å². The number of rotatable bonds is 6. The van der Waals surface area contributed by atoms with E-state index < -0.39 is 5.97 Å². The Morgan fingerprint density at radius 2 is 2.33 bits per heavy atom. The van der Waals surface area contributed by atoms with Gasteiger partial charge in [0.1, 0.15) is 5.01 Å². The van der Waals surface area contributed by atoms with Gasteiger partial charge in [-0.2, -0.15) is 0 Å². The second-order valence-electron chi connectivity index (χ2n) is 4.95. The Kier molecular flexibility index (Phi) is 5.51. The first-order chi connectivity index (χ1) is 10.1. The van der Waals surface area contributed by atoms with Crippen molar-refractivity contribution in [2.24, 2.45) is 0 Å². The number of carbonyl (C=O) groups is 2. The topological polar surface area (TPSA) is 103 Å². The van der Waals surface area contributed by atoms with Crippen molar-refractivity contribution in [1.82, 2.24) is 15.2 Å². The van der Waals surface area contributed by atoms with E-state index in [0.29, 0.717) is 11.4 Å². The summed E-state index contributed by atoms with van der Waals surface area (Å²) in [4.78, 5) is 28.6. The number of aliphatic hydroxyl groups excluding tert-OH is 1. The Morgan fingerprint density at radius 3 is 3.00 bits per heavy atom. The van der Waals surface area contributed by atoms with Crippen LogP contribution in [0.15, 0.2) is 5.38 Å². The van der Waals surface area contributed by atoms with Crippen molar-refractivity contribution in [2.45, 2.75) is 38.3 Å². The number of hydrogen-bond acceptors (Lipinski definition) is 5. The summed E-state index contributed by atoms with van der Waals surface area (Å²) in [6.07, 6.45) is 3.45. The molecule has 1 aromatic heterocycles. The molecule has 0 spiro atoms. The van der Waals surface area contributed by atoms with Gasteiger partial charge in [-0.05, 0) is 25.7 Å². The van der Waals surface area contributed by atoms with Crippen LogP contribution in [-0.4, -0.2) is 51.3 Å². The number of aromatic carboxylic acids is 1. The maximum Gasteiger partial charge on any atom is 0.355 e. The molecular weight excluding hydrogens is 294 g/mol. The van der Waals surface area contributed by atoms with Crippen LogP contribution in [0, 0.1) is 0 Å². The van der Waals surface area contributed by atoms with Crippen molar-refractivity contribution in [1.29, 1.82) is 0 Å². The molecule has 0 aliphatic carbocycles. The summed E-state index contributed by atoms with van der Waals surface area (Å²) in [6.45, 7) is 1.10. The molecule has 116 valence electrons. The highest BCUT2D eigenvalue weighted by Crippen LogP contribution is 2.21. The Labute approximate surface area is 126 Å². The SMILES string of the molecule is O=C(O)c1csc(CNC(=O)N2CCCC2CCCO)n1. The smallest absolute Gasteiger partial charge is 0.355 e. The average Bonchev–Trinajstić information content (AvgIpc) is 3.11. The summed E-state index contributed by atoms with van der Waals surface area (Å²) >= 11 is 1.22. The molecule has 8 heteroatoms. The molecule has 2 amide bonds. The van der Waals surface area contributed by atoms with Gasteiger partial charge in [0.2, 0.25) is 0 Å². The third-order valence-corrected chi connectivity index (χ3v) is 4.34. The molecule has 2 heterocycles. The van der Waals surface area contributed by atoms with Crippen molar-refractivity contribution in [3.8, 4) is 0 Å². The van der Waals surface area contributed by atoms with Gasteiger partial charge in [0.05, 0.1) is 6.54 Å². The molecule has 1 unspecified atom stereocenters. The first kappa shape index (κ1) is 15.7. The number of carboxylic acids is 1. The lowest BCUT2D eigenvalue weighted by atomic mass is 10.1. The first-order valence-electron chi connectivity index (χ1n) is 6.95. The Bertz CT molecular complexity index is 505. The lowest BCUT2D eigenvalue weighted by Gasteiger charge is -2.24. The standard InChI is InChI=1S/C13H19N3O4S/c17-6-2-4-9-3-1-5-16(9)13(20)14-7-11-15-10(8-21-11)12(18)19/h8-9,17H,1-7H2,(H,14,20)(H,18,19). The number of amides is 2. The van der Waals surface area contributed by atoms with E-state index in [2.05, 4.69) is 10.3 Å². The van der Waals surface area contributed by atoms with Crippen LogP contribution in [0.3, 0.4) is 0 Å². The molecule has 1 aliphatic rings. The normalized spacial score (nSPS) is 18.0. The van der Waals surface area contributed by atoms with E-state index in [-0.39, 0.29) is 30.9 Å². The van der Waals surface area contributed by atoms with E-state index >= 15 is 0 Å². The third kappa shape index (κ3) is 4.15. The molecule has 3 N–H and O–H groups in total. The molecule has 2 rings (SSSR count). The molecule has 0 bridgehead atoms. The van der Waals surface area contributed by atoms with Gasteiger partial charge in [0.15, 0.2) is 5.69 Å². The Balaban J connectivity index is 1.84. The van der Waals surface area contributed by atoms with Crippen LogP contribution in [0.4, 0.5) is 4.79 Å². The zero-order chi connectivity index (χ0) is 15.2. The van der Waals surface area contributed by atoms with Crippen LogP contribution in [0.2, 0.25) is 0 Å². The molecule has 1 fully saturated rings. The van der Waals surface area contributed by atoms with Gasteiger partial charge in [-0.15, -0.1) is 11.3 Å². The van der Waals surface area contributed by atoms with Crippen LogP contribution >= 0.6 is 11.3 Å². The molecular formula is C13H19N3O4S. The fourth-order valence-electron chi connectivity index (χ4n) is 2.47. The fourth-order valence-corrected chi connectivity index (χ4v) is 3.18. The lowest BCUT2D eigenvalue weighted by molar-refractivity contribution is 0.0691. The third-order valence-electron chi connectivity index (χ3n) is 3.50. The maximum atomic E-state index is 12.1. The van der Waals surface area contributed by atoms with Crippen LogP contribution in [-0.2, 0) is 6.54 Å². The Hall–Kier alpha value is -1.67. The summed E-state index contributed by atoms with van der Waals surface area (Å²) in [5.74, 6) is -1.06. The number of nitrogens with one attached hydrogen (secondary N) is 1. The summed E-state index contributed by atoms with van der Waals surface area (Å²) < 4.78 is 0. The van der Waals surface area contributed by atoms with Gasteiger partial charge in [-0.25, -0.2) is 14.6 Å². The highest BCUT2D eigenvalue weighted by Gasteiger charge is 2.28. The lowest BCUT2D eigenvalue weighted by Crippen LogP contribution is -2.42. The van der Waals surface area contributed by atoms with Gasteiger partial charge in [0.25, 0.3) is 0 Å². The van der Waals surface area contributed by atoms with Gasteiger partial charge >= 0.3 is 12.0 Å². The number of hydrogen-bond donors (Lipinski definition) is 3. The number of carboxylic acid groups (broad SMARTS) is 1. The van der Waals surface area contributed by atoms with Crippen molar-refractivity contribution >= 4 is 23.3 Å². The largest absolute Gasteiger partial charge is 0.476 e. The van der Waals surface area contributed by atoms with E-state index in [1.807, 2.05) is 0 Å². The van der Waals surface area contributed by atoms with Crippen LogP contribution in [0.5, 0.6) is 0 Å². The predicted molar refractivity (Wildman–Crippen MR) is 77.4 cm³/mol. The minimum absolute atomic E-state index is 0.00578. The second kappa shape index (κ2) is 7.37. The van der Waals surface area contributed by atoms with E-state index in [9.17, 15) is 9.59 Å². The molecule has 21 heavy (non-hydrogen) atoms. The minimum Gasteiger partial charge on any atom is -0.476 e. The summed E-state index contributed by atoms with van der Waals surface area (Å²) in [5.41, 5.74) is 0.00578. The summed E-state index contributed by atoms with van der Waals surface area (Å²) in [6, 6.07) is 0.0329. The molecule has 0 radical (unpaired) electrons. The molecule has 0 saturated carbocycles. The molecule has 1 aliphatic heterocycles. The monoisotopic (exact) mass is 313 g/mol. The van der Waals surface area contributed by atoms with Crippen LogP contribution in [0.25, 0.3) is 0 Å². The highest BCUT2D eigenvalue weighted by molar-refractivity contribution is 7.09. The van der Waals surface area contributed by atoms with Crippen LogP contribution < -0.4 is 5.32 Å². The van der Waals surface area contributed by atoms with E-state index in [1.54, 1.807) is 4.90 Å². The van der Waals surface area contributed by atoms with Crippen molar-refractivity contribution in [3.05, 3.63) is 16.1 Å². The molecule has 1 saturated heterocycles. The second-order valence-corrected chi connectivity index (χ2v) is 5.89. The van der Waals surface area contributed by atoms with Gasteiger partial charge in [-0.1, -0.05) is 0 Å². The summed E-state index contributed by atoms with van der Waals surface area (Å²) in [5, 5.41) is 22.5. The van der Waals surface area contributed by atoms with Gasteiger partial charge in [-0.3, -0.25) is 0 Å². The van der Waals surface area contributed by atoms with Crippen molar-refractivity contribution < 1.29 is 19.8 Å². The highest BCUT2D eigenvalue weighted by atomic mass is 32.1. The number of likely N-dealkylation sites (tertiary alicyclic amines) is 1. The predicted octanol–water partition coefficient (Wildman–Crippen LogP) is 1.29. The molecule has 1 atom stereocenters. The number of urea groups is 1. The van der Waals surface area contributed by atoms with E-state index in [4.69, 9.17) is 10.2 Å². The quantitative estimate of drug-likeness (QED) is 0.734. The minimum atomic E-state index is -1.06.